The normalized spacial score (nSPS) is 25.9. The molecule has 6 nitrogen and oxygen atoms in total. The first kappa shape index (κ1) is 22.4. The molecule has 1 amide bonds. The Morgan fingerprint density at radius 2 is 1.84 bits per heavy atom. The van der Waals surface area contributed by atoms with Crippen molar-refractivity contribution in [2.24, 2.45) is 11.7 Å². The quantitative estimate of drug-likeness (QED) is 0.625. The third kappa shape index (κ3) is 4.65. The maximum Gasteiger partial charge on any atom is 0.240 e. The average Bonchev–Trinajstić information content (AvgIpc) is 3.38. The van der Waals surface area contributed by atoms with Crippen LogP contribution in [0.25, 0.3) is 10.8 Å². The van der Waals surface area contributed by atoms with Gasteiger partial charge >= 0.3 is 0 Å². The molecule has 1 aromatic carbocycles. The number of anilines is 1. The third-order valence-electron chi connectivity index (χ3n) is 7.42. The Hall–Kier alpha value is -1.35. The van der Waals surface area contributed by atoms with E-state index in [0.29, 0.717) is 12.0 Å². The molecule has 1 saturated carbocycles. The summed E-state index contributed by atoms with van der Waals surface area (Å²) in [6, 6.07) is 10.9. The number of halogens is 1. The standard InChI is InChI=1S/C24H32BrN5OS/c25-21-15-18-3-1-2-4-20(18)23(27-21)29-11-9-28(10-12-29)19-7-5-17(6-8-19)22(26)24(31)30-13-14-32-16-30/h1-4,15,17,19,22H,5-14,16,26H2/t17-,19+,22-/m0/s1. The number of pyridine rings is 1. The van der Waals surface area contributed by atoms with Gasteiger partial charge in [-0.15, -0.1) is 11.8 Å². The van der Waals surface area contributed by atoms with Gasteiger partial charge in [-0.2, -0.15) is 0 Å². The van der Waals surface area contributed by atoms with Gasteiger partial charge in [0.1, 0.15) is 10.4 Å². The van der Waals surface area contributed by atoms with Gasteiger partial charge in [0, 0.05) is 49.9 Å². The fourth-order valence-electron chi connectivity index (χ4n) is 5.51. The second-order valence-electron chi connectivity index (χ2n) is 9.25. The molecule has 32 heavy (non-hydrogen) atoms. The molecule has 3 fully saturated rings. The monoisotopic (exact) mass is 517 g/mol. The number of benzene rings is 1. The van der Waals surface area contributed by atoms with E-state index < -0.39 is 0 Å². The van der Waals surface area contributed by atoms with Crippen LogP contribution in [0.1, 0.15) is 25.7 Å². The van der Waals surface area contributed by atoms with E-state index in [-0.39, 0.29) is 11.9 Å². The highest BCUT2D eigenvalue weighted by Gasteiger charge is 2.35. The Morgan fingerprint density at radius 1 is 1.09 bits per heavy atom. The van der Waals surface area contributed by atoms with Crippen LogP contribution in [0, 0.1) is 5.92 Å². The van der Waals surface area contributed by atoms with Crippen LogP contribution >= 0.6 is 27.7 Å². The first-order chi connectivity index (χ1) is 15.6. The SMILES string of the molecule is N[C@H](C(=O)N1CCSC1)[C@H]1CC[C@@H](N2CCN(c3nc(Br)cc4ccccc34)CC2)CC1. The molecule has 3 heterocycles. The van der Waals surface area contributed by atoms with Crippen LogP contribution in [-0.4, -0.2) is 77.1 Å². The predicted octanol–water partition coefficient (Wildman–Crippen LogP) is 3.54. The molecule has 1 aromatic heterocycles. The lowest BCUT2D eigenvalue weighted by Crippen LogP contribution is -2.53. The van der Waals surface area contributed by atoms with E-state index in [2.05, 4.69) is 56.1 Å². The minimum absolute atomic E-state index is 0.167. The summed E-state index contributed by atoms with van der Waals surface area (Å²) in [6.07, 6.45) is 4.43. The number of hydrogen-bond acceptors (Lipinski definition) is 6. The van der Waals surface area contributed by atoms with Crippen LogP contribution in [0.3, 0.4) is 0 Å². The van der Waals surface area contributed by atoms with Gasteiger partial charge in [0.25, 0.3) is 0 Å². The zero-order valence-corrected chi connectivity index (χ0v) is 20.9. The van der Waals surface area contributed by atoms with E-state index in [0.717, 1.165) is 80.5 Å². The van der Waals surface area contributed by atoms with Crippen LogP contribution in [0.5, 0.6) is 0 Å². The van der Waals surface area contributed by atoms with Crippen LogP contribution in [-0.2, 0) is 4.79 Å². The Labute approximate surface area is 203 Å². The molecule has 0 radical (unpaired) electrons. The smallest absolute Gasteiger partial charge is 0.240 e. The van der Waals surface area contributed by atoms with Crippen molar-refractivity contribution in [1.82, 2.24) is 14.8 Å². The van der Waals surface area contributed by atoms with Crippen molar-refractivity contribution in [3.8, 4) is 0 Å². The maximum atomic E-state index is 12.7. The molecular weight excluding hydrogens is 486 g/mol. The molecule has 2 saturated heterocycles. The lowest BCUT2D eigenvalue weighted by Gasteiger charge is -2.43. The number of amides is 1. The van der Waals surface area contributed by atoms with E-state index in [1.165, 1.54) is 10.8 Å². The minimum atomic E-state index is -0.317. The first-order valence-electron chi connectivity index (χ1n) is 11.8. The lowest BCUT2D eigenvalue weighted by atomic mass is 9.80. The number of nitrogens with two attached hydrogens (primary N) is 1. The van der Waals surface area contributed by atoms with Crippen LogP contribution in [0.2, 0.25) is 0 Å². The highest BCUT2D eigenvalue weighted by molar-refractivity contribution is 9.10. The summed E-state index contributed by atoms with van der Waals surface area (Å²) in [4.78, 5) is 24.5. The van der Waals surface area contributed by atoms with Gasteiger partial charge in [0.05, 0.1) is 11.9 Å². The Morgan fingerprint density at radius 3 is 2.56 bits per heavy atom. The number of nitrogens with zero attached hydrogens (tertiary/aromatic N) is 4. The second kappa shape index (κ2) is 9.87. The highest BCUT2D eigenvalue weighted by atomic mass is 79.9. The summed E-state index contributed by atoms with van der Waals surface area (Å²) in [7, 11) is 0. The fourth-order valence-corrected chi connectivity index (χ4v) is 6.88. The van der Waals surface area contributed by atoms with Crippen LogP contribution in [0.15, 0.2) is 34.9 Å². The first-order valence-corrected chi connectivity index (χ1v) is 13.7. The van der Waals surface area contributed by atoms with Gasteiger partial charge in [-0.3, -0.25) is 9.69 Å². The number of carbonyl (C=O) groups is 1. The van der Waals surface area contributed by atoms with Crippen molar-refractivity contribution in [2.45, 2.75) is 37.8 Å². The Kier molecular flexibility index (Phi) is 6.92. The largest absolute Gasteiger partial charge is 0.353 e. The van der Waals surface area contributed by atoms with Gasteiger partial charge in [0.15, 0.2) is 0 Å². The molecule has 2 aromatic rings. The molecule has 2 N–H and O–H groups in total. The molecule has 1 atom stereocenters. The van der Waals surface area contributed by atoms with Crippen molar-refractivity contribution >= 4 is 50.2 Å². The minimum Gasteiger partial charge on any atom is -0.353 e. The summed E-state index contributed by atoms with van der Waals surface area (Å²) in [5, 5.41) is 2.45. The molecule has 5 rings (SSSR count). The van der Waals surface area contributed by atoms with Gasteiger partial charge in [-0.05, 0) is 59.0 Å². The fraction of sp³-hybridized carbons (Fsp3) is 0.583. The van der Waals surface area contributed by atoms with E-state index in [1.54, 1.807) is 0 Å². The summed E-state index contributed by atoms with van der Waals surface area (Å²) in [6.45, 7) is 4.98. The van der Waals surface area contributed by atoms with Gasteiger partial charge in [-0.1, -0.05) is 24.3 Å². The summed E-state index contributed by atoms with van der Waals surface area (Å²) < 4.78 is 0.894. The number of hydrogen-bond donors (Lipinski definition) is 1. The van der Waals surface area contributed by atoms with Crippen molar-refractivity contribution in [2.75, 3.05) is 49.3 Å². The molecule has 3 aliphatic rings. The third-order valence-corrected chi connectivity index (χ3v) is 8.79. The second-order valence-corrected chi connectivity index (χ2v) is 11.1. The van der Waals surface area contributed by atoms with Crippen molar-refractivity contribution in [3.63, 3.8) is 0 Å². The van der Waals surface area contributed by atoms with Gasteiger partial charge < -0.3 is 15.5 Å². The lowest BCUT2D eigenvalue weighted by molar-refractivity contribution is -0.132. The summed E-state index contributed by atoms with van der Waals surface area (Å²) >= 11 is 5.41. The molecule has 1 aliphatic carbocycles. The number of thioether (sulfide) groups is 1. The molecule has 0 unspecified atom stereocenters. The Balaban J connectivity index is 1.15. The average molecular weight is 519 g/mol. The van der Waals surface area contributed by atoms with Crippen molar-refractivity contribution in [1.29, 1.82) is 0 Å². The predicted molar refractivity (Wildman–Crippen MR) is 136 cm³/mol. The highest BCUT2D eigenvalue weighted by Crippen LogP contribution is 2.33. The van der Waals surface area contributed by atoms with Crippen LogP contribution < -0.4 is 10.6 Å². The number of aromatic nitrogens is 1. The number of piperazine rings is 1. The van der Waals surface area contributed by atoms with Gasteiger partial charge in [0.2, 0.25) is 5.91 Å². The van der Waals surface area contributed by atoms with Crippen molar-refractivity contribution in [3.05, 3.63) is 34.9 Å². The summed E-state index contributed by atoms with van der Waals surface area (Å²) in [5.74, 6) is 3.45. The Bertz CT molecular complexity index is 953. The van der Waals surface area contributed by atoms with Gasteiger partial charge in [-0.25, -0.2) is 4.98 Å². The number of carbonyl (C=O) groups excluding carboxylic acids is 1. The van der Waals surface area contributed by atoms with E-state index in [1.807, 2.05) is 16.7 Å². The van der Waals surface area contributed by atoms with E-state index in [4.69, 9.17) is 10.7 Å². The summed E-state index contributed by atoms with van der Waals surface area (Å²) in [5.41, 5.74) is 6.40. The zero-order valence-electron chi connectivity index (χ0n) is 18.5. The van der Waals surface area contributed by atoms with E-state index >= 15 is 0 Å². The zero-order chi connectivity index (χ0) is 22.1. The topological polar surface area (TPSA) is 65.7 Å². The number of fused-ring (bicyclic) bond motifs is 1. The molecular formula is C24H32BrN5OS. The molecule has 172 valence electrons. The van der Waals surface area contributed by atoms with Crippen LogP contribution in [0.4, 0.5) is 5.82 Å². The van der Waals surface area contributed by atoms with E-state index in [9.17, 15) is 4.79 Å². The number of rotatable bonds is 4. The van der Waals surface area contributed by atoms with Crippen molar-refractivity contribution < 1.29 is 4.79 Å². The molecule has 0 bridgehead atoms. The maximum absolute atomic E-state index is 12.7. The molecule has 2 aliphatic heterocycles. The molecule has 8 heteroatoms. The molecule has 0 spiro atoms.